The zero-order valence-corrected chi connectivity index (χ0v) is 15.1. The normalized spacial score (nSPS) is 11.0. The highest BCUT2D eigenvalue weighted by Gasteiger charge is 2.14. The monoisotopic (exact) mass is 360 g/mol. The topological polar surface area (TPSA) is 57.3 Å². The number of ether oxygens (including phenoxy) is 1. The van der Waals surface area contributed by atoms with Gasteiger partial charge in [-0.05, 0) is 30.2 Å². The second kappa shape index (κ2) is 7.50. The molecule has 0 aliphatic heterocycles. The van der Waals surface area contributed by atoms with E-state index in [-0.39, 0.29) is 17.4 Å². The Morgan fingerprint density at radius 3 is 2.59 bits per heavy atom. The summed E-state index contributed by atoms with van der Waals surface area (Å²) in [5.41, 5.74) is 3.06. The van der Waals surface area contributed by atoms with Crippen molar-refractivity contribution in [3.05, 3.63) is 77.2 Å². The van der Waals surface area contributed by atoms with E-state index in [9.17, 15) is 4.79 Å². The highest BCUT2D eigenvalue weighted by atomic mass is 16.6. The number of hydrogen-bond donors (Lipinski definition) is 0. The summed E-state index contributed by atoms with van der Waals surface area (Å²) in [6.45, 7) is 2.74. The van der Waals surface area contributed by atoms with E-state index in [2.05, 4.69) is 11.9 Å². The average Bonchev–Trinajstić information content (AvgIpc) is 3.11. The van der Waals surface area contributed by atoms with E-state index in [0.29, 0.717) is 17.6 Å². The van der Waals surface area contributed by atoms with Crippen LogP contribution in [-0.2, 0) is 6.54 Å². The fraction of sp³-hybridized carbons (Fsp3) is 0.182. The van der Waals surface area contributed by atoms with Crippen LogP contribution in [0.1, 0.15) is 19.8 Å². The lowest BCUT2D eigenvalue weighted by Crippen LogP contribution is -2.21. The van der Waals surface area contributed by atoms with Crippen molar-refractivity contribution in [2.45, 2.75) is 26.3 Å². The highest BCUT2D eigenvalue weighted by molar-refractivity contribution is 5.72. The van der Waals surface area contributed by atoms with Crippen molar-refractivity contribution in [2.75, 3.05) is 0 Å². The van der Waals surface area contributed by atoms with Crippen molar-refractivity contribution in [3.63, 3.8) is 0 Å². The SMILES string of the molecule is CCCCn1cc(-c2ccccc2)cc(Oc2nc3ccccc3o2)c1=O. The number of aromatic nitrogens is 2. The number of fused-ring (bicyclic) bond motifs is 1. The van der Waals surface area contributed by atoms with Crippen molar-refractivity contribution in [2.24, 2.45) is 0 Å². The van der Waals surface area contributed by atoms with Crippen LogP contribution in [0.15, 0.2) is 76.1 Å². The Morgan fingerprint density at radius 1 is 1.04 bits per heavy atom. The molecule has 4 aromatic rings. The first kappa shape index (κ1) is 17.1. The zero-order valence-electron chi connectivity index (χ0n) is 15.1. The van der Waals surface area contributed by atoms with Gasteiger partial charge in [-0.15, -0.1) is 0 Å². The fourth-order valence-electron chi connectivity index (χ4n) is 2.95. The summed E-state index contributed by atoms with van der Waals surface area (Å²) in [6.07, 6.45) is 3.87. The third-order valence-corrected chi connectivity index (χ3v) is 4.38. The van der Waals surface area contributed by atoms with Gasteiger partial charge < -0.3 is 13.7 Å². The minimum atomic E-state index is -0.189. The highest BCUT2D eigenvalue weighted by Crippen LogP contribution is 2.27. The van der Waals surface area contributed by atoms with E-state index < -0.39 is 0 Å². The molecule has 27 heavy (non-hydrogen) atoms. The van der Waals surface area contributed by atoms with E-state index in [1.807, 2.05) is 60.8 Å². The van der Waals surface area contributed by atoms with E-state index >= 15 is 0 Å². The molecule has 0 atom stereocenters. The molecule has 0 fully saturated rings. The summed E-state index contributed by atoms with van der Waals surface area (Å²) in [7, 11) is 0. The van der Waals surface area contributed by atoms with Gasteiger partial charge in [0.1, 0.15) is 5.52 Å². The van der Waals surface area contributed by atoms with Crippen LogP contribution < -0.4 is 10.3 Å². The van der Waals surface area contributed by atoms with Crippen LogP contribution in [0.2, 0.25) is 0 Å². The van der Waals surface area contributed by atoms with E-state index in [1.54, 1.807) is 10.6 Å². The molecule has 4 rings (SSSR count). The lowest BCUT2D eigenvalue weighted by atomic mass is 10.1. The first-order valence-electron chi connectivity index (χ1n) is 9.08. The van der Waals surface area contributed by atoms with Crippen LogP contribution >= 0.6 is 0 Å². The Kier molecular flexibility index (Phi) is 4.75. The van der Waals surface area contributed by atoms with Gasteiger partial charge in [-0.2, -0.15) is 4.98 Å². The van der Waals surface area contributed by atoms with E-state index in [0.717, 1.165) is 24.0 Å². The molecule has 0 N–H and O–H groups in total. The molecule has 0 radical (unpaired) electrons. The van der Waals surface area contributed by atoms with Crippen LogP contribution in [0.5, 0.6) is 11.8 Å². The Labute approximate surface area is 156 Å². The van der Waals surface area contributed by atoms with Gasteiger partial charge in [-0.1, -0.05) is 55.8 Å². The number of hydrogen-bond acceptors (Lipinski definition) is 4. The Balaban J connectivity index is 1.76. The molecule has 0 amide bonds. The van der Waals surface area contributed by atoms with Crippen molar-refractivity contribution in [3.8, 4) is 23.0 Å². The molecule has 0 saturated heterocycles. The van der Waals surface area contributed by atoms with Crippen molar-refractivity contribution >= 4 is 11.1 Å². The number of unbranched alkanes of at least 4 members (excludes halogenated alkanes) is 1. The predicted molar refractivity (Wildman–Crippen MR) is 105 cm³/mol. The molecule has 0 aliphatic carbocycles. The Hall–Kier alpha value is -3.34. The number of nitrogens with zero attached hydrogens (tertiary/aromatic N) is 2. The lowest BCUT2D eigenvalue weighted by Gasteiger charge is -2.11. The molecule has 0 aliphatic rings. The molecule has 2 aromatic carbocycles. The standard InChI is InChI=1S/C22H20N2O3/c1-2-3-13-24-15-17(16-9-5-4-6-10-16)14-20(21(24)25)27-22-23-18-11-7-8-12-19(18)26-22/h4-12,14-15H,2-3,13H2,1H3. The summed E-state index contributed by atoms with van der Waals surface area (Å²) in [5.74, 6) is 0.207. The zero-order chi connectivity index (χ0) is 18.6. The first-order chi connectivity index (χ1) is 13.2. The Bertz CT molecular complexity index is 1080. The van der Waals surface area contributed by atoms with Crippen LogP contribution in [-0.4, -0.2) is 9.55 Å². The van der Waals surface area contributed by atoms with Crippen molar-refractivity contribution in [1.82, 2.24) is 9.55 Å². The molecule has 136 valence electrons. The van der Waals surface area contributed by atoms with Crippen LogP contribution in [0.25, 0.3) is 22.2 Å². The molecular formula is C22H20N2O3. The third-order valence-electron chi connectivity index (χ3n) is 4.38. The molecule has 0 bridgehead atoms. The number of para-hydroxylation sites is 2. The summed E-state index contributed by atoms with van der Waals surface area (Å²) < 4.78 is 13.1. The number of aryl methyl sites for hydroxylation is 1. The maximum atomic E-state index is 12.8. The molecule has 2 heterocycles. The maximum Gasteiger partial charge on any atom is 0.400 e. The predicted octanol–water partition coefficient (Wildman–Crippen LogP) is 5.25. The number of oxazole rings is 1. The molecule has 5 nitrogen and oxygen atoms in total. The Morgan fingerprint density at radius 2 is 1.81 bits per heavy atom. The van der Waals surface area contributed by atoms with Gasteiger partial charge in [0.05, 0.1) is 0 Å². The second-order valence-corrected chi connectivity index (χ2v) is 6.36. The van der Waals surface area contributed by atoms with Crippen LogP contribution in [0.3, 0.4) is 0 Å². The van der Waals surface area contributed by atoms with Gasteiger partial charge in [0.15, 0.2) is 11.3 Å². The summed E-state index contributed by atoms with van der Waals surface area (Å²) in [6, 6.07) is 19.1. The first-order valence-corrected chi connectivity index (χ1v) is 9.08. The molecule has 0 saturated carbocycles. The molecule has 0 unspecified atom stereocenters. The molecular weight excluding hydrogens is 340 g/mol. The number of benzene rings is 2. The minimum Gasteiger partial charge on any atom is -0.409 e. The molecule has 5 heteroatoms. The van der Waals surface area contributed by atoms with Gasteiger partial charge in [-0.3, -0.25) is 4.79 Å². The van der Waals surface area contributed by atoms with Gasteiger partial charge in [0.25, 0.3) is 5.56 Å². The quantitative estimate of drug-likeness (QED) is 0.471. The number of pyridine rings is 1. The molecule has 2 aromatic heterocycles. The molecule has 0 spiro atoms. The van der Waals surface area contributed by atoms with Crippen LogP contribution in [0.4, 0.5) is 0 Å². The second-order valence-electron chi connectivity index (χ2n) is 6.36. The summed E-state index contributed by atoms with van der Waals surface area (Å²) >= 11 is 0. The largest absolute Gasteiger partial charge is 0.409 e. The van der Waals surface area contributed by atoms with Crippen molar-refractivity contribution < 1.29 is 9.15 Å². The minimum absolute atomic E-state index is 0.0700. The smallest absolute Gasteiger partial charge is 0.400 e. The lowest BCUT2D eigenvalue weighted by molar-refractivity contribution is 0.337. The van der Waals surface area contributed by atoms with E-state index in [1.165, 1.54) is 0 Å². The third kappa shape index (κ3) is 3.62. The number of rotatable bonds is 6. The van der Waals surface area contributed by atoms with Gasteiger partial charge in [-0.25, -0.2) is 0 Å². The van der Waals surface area contributed by atoms with Gasteiger partial charge >= 0.3 is 6.08 Å². The van der Waals surface area contributed by atoms with Crippen LogP contribution in [0, 0.1) is 0 Å². The van der Waals surface area contributed by atoms with Crippen molar-refractivity contribution in [1.29, 1.82) is 0 Å². The van der Waals surface area contributed by atoms with Gasteiger partial charge in [0, 0.05) is 18.3 Å². The fourth-order valence-corrected chi connectivity index (χ4v) is 2.95. The van der Waals surface area contributed by atoms with Gasteiger partial charge in [0.2, 0.25) is 0 Å². The van der Waals surface area contributed by atoms with E-state index in [4.69, 9.17) is 9.15 Å². The summed E-state index contributed by atoms with van der Waals surface area (Å²) in [4.78, 5) is 17.2. The average molecular weight is 360 g/mol. The maximum absolute atomic E-state index is 12.8. The summed E-state index contributed by atoms with van der Waals surface area (Å²) in [5, 5.41) is 0.